The lowest BCUT2D eigenvalue weighted by molar-refractivity contribution is 0.0949. The lowest BCUT2D eigenvalue weighted by Crippen LogP contribution is -2.37. The van der Waals surface area contributed by atoms with Crippen LogP contribution in [0, 0.1) is 0 Å². The van der Waals surface area contributed by atoms with Gasteiger partial charge in [0.1, 0.15) is 11.4 Å². The number of nitrogens with two attached hydrogens (primary N) is 1. The number of likely N-dealkylation sites (tertiary alicyclic amines) is 2. The SMILES string of the molecule is CCn1c(NCCN2CCCC2)c(C(=O)NCCN2CCCC2)c(=O)c2ccc(-c3ccc(N(Cc4cccnc4)C(N)=O)cc3)cc21. The Morgan fingerprint density at radius 2 is 1.56 bits per heavy atom. The zero-order valence-corrected chi connectivity index (χ0v) is 27.8. The highest BCUT2D eigenvalue weighted by Crippen LogP contribution is 2.29. The minimum Gasteiger partial charge on any atom is -0.369 e. The van der Waals surface area contributed by atoms with Crippen LogP contribution >= 0.6 is 0 Å². The van der Waals surface area contributed by atoms with Gasteiger partial charge >= 0.3 is 6.03 Å². The smallest absolute Gasteiger partial charge is 0.319 e. The molecule has 2 aromatic heterocycles. The summed E-state index contributed by atoms with van der Waals surface area (Å²) in [6, 6.07) is 16.6. The lowest BCUT2D eigenvalue weighted by atomic mass is 10.0. The monoisotopic (exact) mass is 650 g/mol. The van der Waals surface area contributed by atoms with E-state index in [-0.39, 0.29) is 16.9 Å². The molecule has 3 amide bonds. The number of hydrogen-bond acceptors (Lipinski definition) is 7. The first-order valence-corrected chi connectivity index (χ1v) is 17.2. The summed E-state index contributed by atoms with van der Waals surface area (Å²) in [4.78, 5) is 50.5. The quantitative estimate of drug-likeness (QED) is 0.194. The van der Waals surface area contributed by atoms with Crippen molar-refractivity contribution >= 4 is 34.3 Å². The number of carbonyl (C=O) groups is 2. The first kappa shape index (κ1) is 33.2. The summed E-state index contributed by atoms with van der Waals surface area (Å²) >= 11 is 0. The summed E-state index contributed by atoms with van der Waals surface area (Å²) < 4.78 is 2.05. The van der Waals surface area contributed by atoms with Gasteiger partial charge < -0.3 is 30.7 Å². The van der Waals surface area contributed by atoms with Gasteiger partial charge in [0.2, 0.25) is 5.43 Å². The molecule has 0 bridgehead atoms. The fraction of sp³-hybridized carbons (Fsp3) is 0.405. The molecule has 2 aromatic carbocycles. The summed E-state index contributed by atoms with van der Waals surface area (Å²) in [5.74, 6) is 0.227. The second-order valence-corrected chi connectivity index (χ2v) is 12.6. The van der Waals surface area contributed by atoms with E-state index in [0.717, 1.165) is 61.5 Å². The number of aryl methyl sites for hydroxylation is 1. The van der Waals surface area contributed by atoms with Crippen LogP contribution in [0.1, 0.15) is 48.5 Å². The molecule has 2 fully saturated rings. The van der Waals surface area contributed by atoms with Crippen molar-refractivity contribution in [2.24, 2.45) is 5.73 Å². The van der Waals surface area contributed by atoms with Gasteiger partial charge in [-0.3, -0.25) is 19.5 Å². The van der Waals surface area contributed by atoms with Crippen LogP contribution in [0.15, 0.2) is 71.8 Å². The fourth-order valence-corrected chi connectivity index (χ4v) is 6.91. The molecule has 0 unspecified atom stereocenters. The van der Waals surface area contributed by atoms with Crippen LogP contribution < -0.4 is 26.7 Å². The second-order valence-electron chi connectivity index (χ2n) is 12.6. The van der Waals surface area contributed by atoms with Gasteiger partial charge in [-0.1, -0.05) is 24.3 Å². The largest absolute Gasteiger partial charge is 0.369 e. The Morgan fingerprint density at radius 1 is 0.896 bits per heavy atom. The van der Waals surface area contributed by atoms with Crippen molar-refractivity contribution in [3.63, 3.8) is 0 Å². The number of fused-ring (bicyclic) bond motifs is 1. The van der Waals surface area contributed by atoms with Crippen LogP contribution in [0.3, 0.4) is 0 Å². The first-order chi connectivity index (χ1) is 23.4. The average molecular weight is 651 g/mol. The lowest BCUT2D eigenvalue weighted by Gasteiger charge is -2.23. The molecule has 48 heavy (non-hydrogen) atoms. The van der Waals surface area contributed by atoms with Gasteiger partial charge in [-0.25, -0.2) is 4.79 Å². The highest BCUT2D eigenvalue weighted by molar-refractivity contribution is 6.03. The molecule has 4 heterocycles. The Kier molecular flexibility index (Phi) is 10.7. The average Bonchev–Trinajstić information content (AvgIpc) is 3.83. The molecule has 252 valence electrons. The normalized spacial score (nSPS) is 15.2. The highest BCUT2D eigenvalue weighted by Gasteiger charge is 2.24. The van der Waals surface area contributed by atoms with E-state index in [0.29, 0.717) is 43.1 Å². The number of primary amides is 1. The molecule has 2 aliphatic rings. The molecule has 11 heteroatoms. The molecule has 11 nitrogen and oxygen atoms in total. The molecule has 2 saturated heterocycles. The molecule has 0 atom stereocenters. The van der Waals surface area contributed by atoms with Crippen LogP contribution in [0.4, 0.5) is 16.3 Å². The number of nitrogens with one attached hydrogen (secondary N) is 2. The number of anilines is 2. The maximum atomic E-state index is 14.1. The van der Waals surface area contributed by atoms with E-state index in [4.69, 9.17) is 5.73 Å². The molecule has 4 aromatic rings. The summed E-state index contributed by atoms with van der Waals surface area (Å²) in [7, 11) is 0. The van der Waals surface area contributed by atoms with Crippen molar-refractivity contribution in [3.8, 4) is 11.1 Å². The number of urea groups is 1. The van der Waals surface area contributed by atoms with E-state index in [2.05, 4.69) is 30.0 Å². The maximum absolute atomic E-state index is 14.1. The van der Waals surface area contributed by atoms with Gasteiger partial charge in [0.05, 0.1) is 12.1 Å². The van der Waals surface area contributed by atoms with Crippen LogP contribution in [0.2, 0.25) is 0 Å². The van der Waals surface area contributed by atoms with E-state index >= 15 is 0 Å². The van der Waals surface area contributed by atoms with E-state index < -0.39 is 6.03 Å². The van der Waals surface area contributed by atoms with Crippen LogP contribution in [-0.2, 0) is 13.1 Å². The van der Waals surface area contributed by atoms with E-state index in [1.54, 1.807) is 12.4 Å². The molecule has 0 radical (unpaired) electrons. The number of hydrogen-bond donors (Lipinski definition) is 3. The van der Waals surface area contributed by atoms with E-state index in [1.165, 1.54) is 30.6 Å². The molecule has 0 saturated carbocycles. The van der Waals surface area contributed by atoms with E-state index in [1.807, 2.05) is 61.5 Å². The van der Waals surface area contributed by atoms with Gasteiger partial charge in [0, 0.05) is 56.2 Å². The summed E-state index contributed by atoms with van der Waals surface area (Å²) in [6.07, 6.45) is 8.19. The van der Waals surface area contributed by atoms with Crippen molar-refractivity contribution in [2.45, 2.75) is 45.7 Å². The number of carbonyl (C=O) groups excluding carboxylic acids is 2. The Bertz CT molecular complexity index is 1780. The van der Waals surface area contributed by atoms with Crippen LogP contribution in [0.5, 0.6) is 0 Å². The molecule has 0 spiro atoms. The molecular formula is C37H46N8O3. The molecule has 4 N–H and O–H groups in total. The third kappa shape index (κ3) is 7.53. The third-order valence-corrected chi connectivity index (χ3v) is 9.48. The summed E-state index contributed by atoms with van der Waals surface area (Å²) in [6.45, 7) is 9.93. The third-order valence-electron chi connectivity index (χ3n) is 9.48. The Balaban J connectivity index is 1.31. The van der Waals surface area contributed by atoms with Crippen molar-refractivity contribution in [2.75, 3.05) is 62.6 Å². The molecule has 2 aliphatic heterocycles. The molecule has 6 rings (SSSR count). The van der Waals surface area contributed by atoms with Crippen LogP contribution in [0.25, 0.3) is 22.0 Å². The number of amides is 3. The van der Waals surface area contributed by atoms with E-state index in [9.17, 15) is 14.4 Å². The first-order valence-electron chi connectivity index (χ1n) is 17.2. The number of nitrogens with zero attached hydrogens (tertiary/aromatic N) is 5. The maximum Gasteiger partial charge on any atom is 0.319 e. The predicted molar refractivity (Wildman–Crippen MR) is 191 cm³/mol. The van der Waals surface area contributed by atoms with Crippen molar-refractivity contribution in [3.05, 3.63) is 88.3 Å². The minimum absolute atomic E-state index is 0.171. The standard InChI is InChI=1S/C37H46N8O3/c1-2-44-32-24-29(28-9-12-30(13-10-28)45(37(38)48)26-27-8-7-15-39-25-27)11-14-31(32)34(46)33(35(44)40-16-22-42-18-3-4-19-42)36(47)41-17-23-43-20-5-6-21-43/h7-15,24-25,40H,2-6,16-23,26H2,1H3,(H2,38,48)(H,41,47). The van der Waals surface area contributed by atoms with Gasteiger partial charge in [-0.05, 0) is 106 Å². The van der Waals surface area contributed by atoms with Gasteiger partial charge in [-0.2, -0.15) is 0 Å². The number of aromatic nitrogens is 2. The zero-order valence-electron chi connectivity index (χ0n) is 27.8. The Labute approximate surface area is 281 Å². The second kappa shape index (κ2) is 15.4. The Morgan fingerprint density at radius 3 is 2.19 bits per heavy atom. The van der Waals surface area contributed by atoms with Gasteiger partial charge in [0.15, 0.2) is 0 Å². The minimum atomic E-state index is -0.551. The van der Waals surface area contributed by atoms with Gasteiger partial charge in [-0.15, -0.1) is 0 Å². The van der Waals surface area contributed by atoms with Gasteiger partial charge in [0.25, 0.3) is 5.91 Å². The van der Waals surface area contributed by atoms with Crippen molar-refractivity contribution in [1.82, 2.24) is 24.7 Å². The zero-order chi connectivity index (χ0) is 33.5. The number of rotatable bonds is 13. The number of benzene rings is 2. The highest BCUT2D eigenvalue weighted by atomic mass is 16.2. The van der Waals surface area contributed by atoms with Crippen LogP contribution in [-0.4, -0.2) is 83.6 Å². The van der Waals surface area contributed by atoms with Crippen molar-refractivity contribution in [1.29, 1.82) is 0 Å². The Hall–Kier alpha value is -4.74. The molecular weight excluding hydrogens is 604 g/mol. The summed E-state index contributed by atoms with van der Waals surface area (Å²) in [5, 5.41) is 7.06. The fourth-order valence-electron chi connectivity index (χ4n) is 6.91. The topological polar surface area (TPSA) is 129 Å². The number of pyridine rings is 2. The summed E-state index contributed by atoms with van der Waals surface area (Å²) in [5.41, 5.74) is 9.79. The predicted octanol–water partition coefficient (Wildman–Crippen LogP) is 4.50. The molecule has 0 aliphatic carbocycles. The van der Waals surface area contributed by atoms with Crippen molar-refractivity contribution < 1.29 is 9.59 Å².